The Hall–Kier alpha value is -6.22. The molecule has 0 atom stereocenters. The first-order valence-electron chi connectivity index (χ1n) is 52.4. The second-order valence-corrected chi connectivity index (χ2v) is 36.9. The molecule has 0 spiro atoms. The molecular formula is C109H186N2O17. The van der Waals surface area contributed by atoms with Crippen molar-refractivity contribution in [1.29, 1.82) is 0 Å². The van der Waals surface area contributed by atoms with Gasteiger partial charge in [-0.3, -0.25) is 9.59 Å². The Bertz CT molecular complexity index is 3010. The van der Waals surface area contributed by atoms with Crippen molar-refractivity contribution >= 4 is 11.8 Å². The highest BCUT2D eigenvalue weighted by Gasteiger charge is 2.33. The van der Waals surface area contributed by atoms with Gasteiger partial charge in [-0.15, -0.1) is 0 Å². The number of hydrogen-bond acceptors (Lipinski definition) is 17. The third kappa shape index (κ3) is 52.9. The van der Waals surface area contributed by atoms with Crippen LogP contribution < -0.4 is 53.3 Å². The van der Waals surface area contributed by atoms with Crippen molar-refractivity contribution in [3.8, 4) is 51.7 Å². The average molecular weight is 1800 g/mol. The van der Waals surface area contributed by atoms with Crippen molar-refractivity contribution in [1.82, 2.24) is 10.6 Å². The molecule has 0 heterocycles. The smallest absolute Gasteiger partial charge is 0.252 e. The fraction of sp³-hybridized carbons (Fsp3) is 0.761. The molecule has 0 aromatic heterocycles. The van der Waals surface area contributed by atoms with Crippen LogP contribution >= 0.6 is 0 Å². The van der Waals surface area contributed by atoms with E-state index in [2.05, 4.69) is 52.2 Å². The average Bonchev–Trinajstić information content (AvgIpc) is 0.854. The van der Waals surface area contributed by atoms with Crippen molar-refractivity contribution in [2.24, 2.45) is 0 Å². The highest BCUT2D eigenvalue weighted by atomic mass is 16.6. The van der Waals surface area contributed by atoms with Crippen LogP contribution in [0.4, 0.5) is 0 Å². The number of carbonyl (C=O) groups is 2. The third-order valence-electron chi connectivity index (χ3n) is 24.8. The molecule has 0 radical (unpaired) electrons. The monoisotopic (exact) mass is 1800 g/mol. The molecule has 0 aliphatic carbocycles. The summed E-state index contributed by atoms with van der Waals surface area (Å²) < 4.78 is 61.7. The largest absolute Gasteiger partial charge is 0.490 e. The Morgan fingerprint density at radius 3 is 0.602 bits per heavy atom. The highest BCUT2D eigenvalue weighted by Crippen LogP contribution is 2.43. The van der Waals surface area contributed by atoms with Gasteiger partial charge in [0.1, 0.15) is 48.1 Å². The maximum Gasteiger partial charge on any atom is 0.252 e. The summed E-state index contributed by atoms with van der Waals surface area (Å²) in [6.45, 7) is 11.9. The first kappa shape index (κ1) is 114. The molecule has 0 saturated heterocycles. The topological polar surface area (TPSA) is 263 Å². The van der Waals surface area contributed by atoms with Crippen LogP contribution in [0.5, 0.6) is 51.7 Å². The van der Waals surface area contributed by atoms with Crippen LogP contribution in [0.25, 0.3) is 0 Å². The molecule has 0 saturated carbocycles. The van der Waals surface area contributed by atoms with Gasteiger partial charge >= 0.3 is 0 Å². The van der Waals surface area contributed by atoms with Gasteiger partial charge in [0.15, 0.2) is 23.0 Å². The molecule has 0 bridgehead atoms. The van der Waals surface area contributed by atoms with Gasteiger partial charge in [-0.1, -0.05) is 388 Å². The van der Waals surface area contributed by atoms with Crippen LogP contribution in [0, 0.1) is 0 Å². The molecule has 0 aliphatic rings. The number of ether oxygens (including phenoxy) is 9. The maximum atomic E-state index is 14.2. The lowest BCUT2D eigenvalue weighted by Crippen LogP contribution is -2.57. The van der Waals surface area contributed by atoms with Gasteiger partial charge < -0.3 is 83.9 Å². The summed E-state index contributed by atoms with van der Waals surface area (Å²) in [6.07, 6.45) is 72.7. The second-order valence-electron chi connectivity index (χ2n) is 36.9. The van der Waals surface area contributed by atoms with Crippen molar-refractivity contribution in [3.05, 3.63) is 88.5 Å². The summed E-state index contributed by atoms with van der Waals surface area (Å²) >= 11 is 0. The van der Waals surface area contributed by atoms with Crippen LogP contribution in [0.15, 0.2) is 60.7 Å². The molecule has 4 aromatic carbocycles. The minimum absolute atomic E-state index is 0.0269. The first-order chi connectivity index (χ1) is 62.8. The minimum Gasteiger partial charge on any atom is -0.490 e. The molecule has 8 N–H and O–H groups in total. The molecule has 4 aromatic rings. The van der Waals surface area contributed by atoms with E-state index in [4.69, 9.17) is 42.6 Å². The van der Waals surface area contributed by atoms with E-state index in [0.29, 0.717) is 91.2 Å². The lowest BCUT2D eigenvalue weighted by Gasteiger charge is -2.29. The molecular weight excluding hydrogens is 1610 g/mol. The van der Waals surface area contributed by atoms with Crippen LogP contribution in [0.3, 0.4) is 0 Å². The summed E-state index contributed by atoms with van der Waals surface area (Å²) in [5, 5.41) is 66.7. The van der Waals surface area contributed by atoms with Gasteiger partial charge in [-0.05, 0) is 110 Å². The SMILES string of the molecule is CCCCCCCCCCCCOc1cc(COc2cc(COc3cc(C(=O)NC(CO)(CO)CO)cc(C(=O)NC(CO)(CO)CO)c3)cc(OCc3cc(OCCCCCCCCCCCC)c(OCCCCCCCCCCCC)c(OCCCCCCCCCCCC)c3)c2)cc(OCCCCCCCCCCCC)c1OCCCCCCCCCCCC. The Kier molecular flexibility index (Phi) is 68.9. The van der Waals surface area contributed by atoms with E-state index in [1.165, 1.54) is 301 Å². The number of benzene rings is 4. The van der Waals surface area contributed by atoms with E-state index in [1.54, 1.807) is 0 Å². The predicted octanol–water partition coefficient (Wildman–Crippen LogP) is 27.1. The molecule has 0 unspecified atom stereocenters. The molecule has 19 nitrogen and oxygen atoms in total. The Labute approximate surface area is 778 Å². The van der Waals surface area contributed by atoms with E-state index in [0.717, 1.165) is 114 Å². The van der Waals surface area contributed by atoms with Crippen LogP contribution in [0.1, 0.15) is 464 Å². The number of aliphatic hydroxyl groups is 6. The number of aliphatic hydroxyl groups excluding tert-OH is 6. The molecule has 4 rings (SSSR count). The number of hydrogen-bond donors (Lipinski definition) is 8. The van der Waals surface area contributed by atoms with Crippen LogP contribution in [-0.4, -0.2) is 133 Å². The van der Waals surface area contributed by atoms with E-state index < -0.39 is 62.5 Å². The van der Waals surface area contributed by atoms with Crippen molar-refractivity contribution in [2.75, 3.05) is 79.3 Å². The zero-order valence-electron chi connectivity index (χ0n) is 82.0. The molecule has 0 aliphatic heterocycles. The molecule has 734 valence electrons. The lowest BCUT2D eigenvalue weighted by atomic mass is 10.0. The Morgan fingerprint density at radius 1 is 0.219 bits per heavy atom. The summed E-state index contributed by atoms with van der Waals surface area (Å²) in [5.41, 5.74) is -1.78. The standard InChI is InChI=1S/C109H186N2O17/c1-7-13-19-25-31-37-43-49-55-61-67-120-100-75-93(76-101(121-68-62-56-50-44-38-32-26-20-14-8-2)104(100)124-71-65-59-53-47-41-35-29-23-17-11-5)84-126-97-73-92(83-128-99-80-95(106(118)110-108(86-112,87-113)88-114)79-96(81-99)107(119)111-109(89-115,90-116)91-117)74-98(82-97)127-85-94-77-102(122-69-63-57-51-45-39-33-27-21-15-9-3)105(125-72-66-60-54-48-42-36-30-24-18-12-6)103(78-94)123-70-64-58-52-46-40-34-28-22-16-10-4/h73-82,112-117H,7-72,83-91H2,1-6H3,(H,110,118)(H,111,119). The summed E-state index contributed by atoms with van der Waals surface area (Å²) in [7, 11) is 0. The third-order valence-corrected chi connectivity index (χ3v) is 24.8. The zero-order chi connectivity index (χ0) is 92.1. The Balaban J connectivity index is 1.88. The lowest BCUT2D eigenvalue weighted by molar-refractivity contribution is 0.0371. The summed E-state index contributed by atoms with van der Waals surface area (Å²) in [4.78, 5) is 28.3. The molecule has 2 amide bonds. The molecule has 0 fully saturated rings. The number of unbranched alkanes of at least 4 members (excludes halogenated alkanes) is 54. The van der Waals surface area contributed by atoms with Crippen molar-refractivity contribution in [3.63, 3.8) is 0 Å². The van der Waals surface area contributed by atoms with Crippen LogP contribution in [0.2, 0.25) is 0 Å². The minimum atomic E-state index is -1.83. The van der Waals surface area contributed by atoms with Gasteiger partial charge in [-0.25, -0.2) is 0 Å². The van der Waals surface area contributed by atoms with Crippen LogP contribution in [-0.2, 0) is 19.8 Å². The fourth-order valence-corrected chi connectivity index (χ4v) is 16.2. The predicted molar refractivity (Wildman–Crippen MR) is 526 cm³/mol. The van der Waals surface area contributed by atoms with E-state index in [1.807, 2.05) is 42.5 Å². The molecule has 128 heavy (non-hydrogen) atoms. The highest BCUT2D eigenvalue weighted by molar-refractivity contribution is 6.01. The van der Waals surface area contributed by atoms with Gasteiger partial charge in [0.25, 0.3) is 11.8 Å². The zero-order valence-corrected chi connectivity index (χ0v) is 82.0. The number of rotatable bonds is 91. The fourth-order valence-electron chi connectivity index (χ4n) is 16.2. The number of carbonyl (C=O) groups excluding carboxylic acids is 2. The summed E-state index contributed by atoms with van der Waals surface area (Å²) in [6, 6.07) is 17.7. The van der Waals surface area contributed by atoms with E-state index in [-0.39, 0.29) is 36.7 Å². The number of nitrogens with one attached hydrogen (secondary N) is 2. The first-order valence-corrected chi connectivity index (χ1v) is 52.4. The Morgan fingerprint density at radius 2 is 0.398 bits per heavy atom. The molecule has 19 heteroatoms. The van der Waals surface area contributed by atoms with Crippen molar-refractivity contribution < 1.29 is 82.9 Å². The van der Waals surface area contributed by atoms with Gasteiger partial charge in [0.2, 0.25) is 11.5 Å². The maximum absolute atomic E-state index is 14.2. The number of amides is 2. The van der Waals surface area contributed by atoms with Gasteiger partial charge in [0, 0.05) is 17.2 Å². The quantitative estimate of drug-likeness (QED) is 0.0191. The van der Waals surface area contributed by atoms with Gasteiger partial charge in [-0.2, -0.15) is 0 Å². The van der Waals surface area contributed by atoms with Gasteiger partial charge in [0.05, 0.1) is 79.3 Å². The van der Waals surface area contributed by atoms with Crippen molar-refractivity contribution in [2.45, 2.75) is 458 Å². The van der Waals surface area contributed by atoms with E-state index >= 15 is 0 Å². The van der Waals surface area contributed by atoms with E-state index in [9.17, 15) is 40.2 Å². The second kappa shape index (κ2) is 77.2. The summed E-state index contributed by atoms with van der Waals surface area (Å²) in [5.74, 6) is 2.92. The normalized spacial score (nSPS) is 11.7.